The molecule has 0 fully saturated rings. The Labute approximate surface area is 103 Å². The molecular formula is C14H20N2O. The maximum Gasteiger partial charge on any atom is 0.128 e. The van der Waals surface area contributed by atoms with Crippen LogP contribution in [-0.4, -0.2) is 30.5 Å². The molecule has 92 valence electrons. The van der Waals surface area contributed by atoms with Gasteiger partial charge in [-0.25, -0.2) is 0 Å². The van der Waals surface area contributed by atoms with Crippen molar-refractivity contribution in [1.82, 2.24) is 4.90 Å². The minimum Gasteiger partial charge on any atom is -0.381 e. The van der Waals surface area contributed by atoms with Crippen LogP contribution in [0.3, 0.4) is 0 Å². The lowest BCUT2D eigenvalue weighted by Crippen LogP contribution is -2.25. The number of fused-ring (bicyclic) bond motifs is 1. The van der Waals surface area contributed by atoms with E-state index in [9.17, 15) is 0 Å². The summed E-state index contributed by atoms with van der Waals surface area (Å²) in [4.78, 5) is 2.12. The highest BCUT2D eigenvalue weighted by Crippen LogP contribution is 2.21. The standard InChI is InChI=1S/C14H20N2O/c1-2-9-17-10-5-8-16-11-12-6-3-4-7-13(12)14(16)15/h3-4,6-7,15H,2,5,8-11H2,1H3. The van der Waals surface area contributed by atoms with Crippen molar-refractivity contribution >= 4 is 5.84 Å². The van der Waals surface area contributed by atoms with Crippen LogP contribution in [0.2, 0.25) is 0 Å². The SMILES string of the molecule is CCCOCCCN1Cc2ccccc2C1=N. The molecule has 1 aromatic carbocycles. The van der Waals surface area contributed by atoms with Gasteiger partial charge in [-0.2, -0.15) is 0 Å². The van der Waals surface area contributed by atoms with E-state index in [-0.39, 0.29) is 0 Å². The lowest BCUT2D eigenvalue weighted by Gasteiger charge is -2.17. The second kappa shape index (κ2) is 5.82. The number of nitrogens with one attached hydrogen (secondary N) is 1. The Morgan fingerprint density at radius 3 is 2.88 bits per heavy atom. The Bertz CT molecular complexity index is 390. The summed E-state index contributed by atoms with van der Waals surface area (Å²) < 4.78 is 5.46. The van der Waals surface area contributed by atoms with Gasteiger partial charge in [0.15, 0.2) is 0 Å². The normalized spacial score (nSPS) is 14.2. The smallest absolute Gasteiger partial charge is 0.128 e. The summed E-state index contributed by atoms with van der Waals surface area (Å²) in [5, 5.41) is 8.09. The van der Waals surface area contributed by atoms with Crippen molar-refractivity contribution < 1.29 is 4.74 Å². The van der Waals surface area contributed by atoms with Crippen molar-refractivity contribution in [2.45, 2.75) is 26.3 Å². The molecule has 0 saturated carbocycles. The van der Waals surface area contributed by atoms with Crippen LogP contribution < -0.4 is 0 Å². The molecule has 1 aliphatic rings. The highest BCUT2D eigenvalue weighted by molar-refractivity contribution is 6.00. The minimum atomic E-state index is 0.663. The van der Waals surface area contributed by atoms with E-state index in [1.807, 2.05) is 18.2 Å². The van der Waals surface area contributed by atoms with Crippen LogP contribution in [-0.2, 0) is 11.3 Å². The van der Waals surface area contributed by atoms with Crippen LogP contribution in [0.4, 0.5) is 0 Å². The topological polar surface area (TPSA) is 36.3 Å². The first-order chi connectivity index (χ1) is 8.33. The quantitative estimate of drug-likeness (QED) is 0.765. The van der Waals surface area contributed by atoms with Gasteiger partial charge >= 0.3 is 0 Å². The average molecular weight is 232 g/mol. The Balaban J connectivity index is 1.80. The molecule has 0 aliphatic carbocycles. The summed E-state index contributed by atoms with van der Waals surface area (Å²) in [5.74, 6) is 0.663. The third-order valence-corrected chi connectivity index (χ3v) is 3.02. The Kier molecular flexibility index (Phi) is 4.15. The van der Waals surface area contributed by atoms with E-state index in [0.29, 0.717) is 5.84 Å². The lowest BCUT2D eigenvalue weighted by molar-refractivity contribution is 0.127. The summed E-state index contributed by atoms with van der Waals surface area (Å²) in [6.45, 7) is 5.55. The van der Waals surface area contributed by atoms with Crippen LogP contribution in [0.1, 0.15) is 30.9 Å². The molecule has 0 amide bonds. The molecular weight excluding hydrogens is 212 g/mol. The second-order valence-corrected chi connectivity index (χ2v) is 4.39. The molecule has 0 aromatic heterocycles. The minimum absolute atomic E-state index is 0.663. The molecule has 0 unspecified atom stereocenters. The van der Waals surface area contributed by atoms with Crippen LogP contribution in [0.15, 0.2) is 24.3 Å². The fourth-order valence-corrected chi connectivity index (χ4v) is 2.14. The molecule has 0 bridgehead atoms. The van der Waals surface area contributed by atoms with E-state index in [0.717, 1.165) is 44.7 Å². The van der Waals surface area contributed by atoms with Crippen molar-refractivity contribution in [3.63, 3.8) is 0 Å². The molecule has 3 nitrogen and oxygen atoms in total. The number of rotatable bonds is 6. The fourth-order valence-electron chi connectivity index (χ4n) is 2.14. The van der Waals surface area contributed by atoms with Crippen molar-refractivity contribution in [2.24, 2.45) is 0 Å². The highest BCUT2D eigenvalue weighted by Gasteiger charge is 2.22. The van der Waals surface area contributed by atoms with Crippen molar-refractivity contribution in [1.29, 1.82) is 5.41 Å². The number of nitrogens with zero attached hydrogens (tertiary/aromatic N) is 1. The second-order valence-electron chi connectivity index (χ2n) is 4.39. The third kappa shape index (κ3) is 2.86. The molecule has 2 rings (SSSR count). The van der Waals surface area contributed by atoms with E-state index in [2.05, 4.69) is 17.9 Å². The van der Waals surface area contributed by atoms with Crippen molar-refractivity contribution in [2.75, 3.05) is 19.8 Å². The van der Waals surface area contributed by atoms with Gasteiger partial charge < -0.3 is 9.64 Å². The van der Waals surface area contributed by atoms with E-state index < -0.39 is 0 Å². The molecule has 1 aliphatic heterocycles. The number of hydrogen-bond donors (Lipinski definition) is 1. The van der Waals surface area contributed by atoms with Gasteiger partial charge in [-0.15, -0.1) is 0 Å². The van der Waals surface area contributed by atoms with Crippen LogP contribution >= 0.6 is 0 Å². The predicted molar refractivity (Wildman–Crippen MR) is 69.4 cm³/mol. The number of hydrogen-bond acceptors (Lipinski definition) is 2. The van der Waals surface area contributed by atoms with Gasteiger partial charge in [-0.05, 0) is 18.4 Å². The molecule has 1 aromatic rings. The summed E-state index contributed by atoms with van der Waals surface area (Å²) in [6.07, 6.45) is 2.07. The monoisotopic (exact) mass is 232 g/mol. The number of ether oxygens (including phenoxy) is 1. The number of amidine groups is 1. The van der Waals surface area contributed by atoms with Gasteiger partial charge in [0.1, 0.15) is 5.84 Å². The fraction of sp³-hybridized carbons (Fsp3) is 0.500. The maximum absolute atomic E-state index is 8.09. The van der Waals surface area contributed by atoms with Crippen LogP contribution in [0.25, 0.3) is 0 Å². The van der Waals surface area contributed by atoms with E-state index in [1.165, 1.54) is 5.56 Å². The van der Waals surface area contributed by atoms with E-state index in [1.54, 1.807) is 0 Å². The molecule has 3 heteroatoms. The first kappa shape index (κ1) is 12.1. The summed E-state index contributed by atoms with van der Waals surface area (Å²) in [7, 11) is 0. The molecule has 0 saturated heterocycles. The average Bonchev–Trinajstić information content (AvgIpc) is 2.67. The molecule has 1 N–H and O–H groups in total. The Morgan fingerprint density at radius 2 is 2.12 bits per heavy atom. The van der Waals surface area contributed by atoms with E-state index in [4.69, 9.17) is 10.1 Å². The van der Waals surface area contributed by atoms with Gasteiger partial charge in [-0.1, -0.05) is 31.2 Å². The van der Waals surface area contributed by atoms with E-state index >= 15 is 0 Å². The maximum atomic E-state index is 8.09. The summed E-state index contributed by atoms with van der Waals surface area (Å²) in [6, 6.07) is 8.18. The third-order valence-electron chi connectivity index (χ3n) is 3.02. The zero-order chi connectivity index (χ0) is 12.1. The largest absolute Gasteiger partial charge is 0.381 e. The zero-order valence-electron chi connectivity index (χ0n) is 10.4. The van der Waals surface area contributed by atoms with Gasteiger partial charge in [0.05, 0.1) is 0 Å². The van der Waals surface area contributed by atoms with Crippen molar-refractivity contribution in [3.8, 4) is 0 Å². The molecule has 0 radical (unpaired) electrons. The summed E-state index contributed by atoms with van der Waals surface area (Å²) in [5.41, 5.74) is 2.36. The van der Waals surface area contributed by atoms with Crippen molar-refractivity contribution in [3.05, 3.63) is 35.4 Å². The molecule has 1 heterocycles. The molecule has 0 atom stereocenters. The first-order valence-corrected chi connectivity index (χ1v) is 6.32. The van der Waals surface area contributed by atoms with Crippen LogP contribution in [0, 0.1) is 5.41 Å². The number of benzene rings is 1. The highest BCUT2D eigenvalue weighted by atomic mass is 16.5. The van der Waals surface area contributed by atoms with Crippen LogP contribution in [0.5, 0.6) is 0 Å². The van der Waals surface area contributed by atoms with Gasteiger partial charge in [0.25, 0.3) is 0 Å². The lowest BCUT2D eigenvalue weighted by atomic mass is 10.1. The Hall–Kier alpha value is -1.35. The molecule has 17 heavy (non-hydrogen) atoms. The molecule has 0 spiro atoms. The predicted octanol–water partition coefficient (Wildman–Crippen LogP) is 2.64. The Morgan fingerprint density at radius 1 is 1.29 bits per heavy atom. The van der Waals surface area contributed by atoms with Gasteiger partial charge in [0.2, 0.25) is 0 Å². The zero-order valence-corrected chi connectivity index (χ0v) is 10.4. The van der Waals surface area contributed by atoms with Gasteiger partial charge in [-0.3, -0.25) is 5.41 Å². The van der Waals surface area contributed by atoms with Gasteiger partial charge in [0, 0.05) is 31.9 Å². The summed E-state index contributed by atoms with van der Waals surface area (Å²) >= 11 is 0. The first-order valence-electron chi connectivity index (χ1n) is 6.32.